The van der Waals surface area contributed by atoms with E-state index >= 15 is 0 Å². The van der Waals surface area contributed by atoms with Gasteiger partial charge < -0.3 is 5.11 Å². The normalized spacial score (nSPS) is 12.8. The van der Waals surface area contributed by atoms with Crippen molar-refractivity contribution in [3.05, 3.63) is 29.8 Å². The quantitative estimate of drug-likeness (QED) is 0.754. The van der Waals surface area contributed by atoms with E-state index < -0.39 is 0 Å². The Bertz CT molecular complexity index is 273. The van der Waals surface area contributed by atoms with Gasteiger partial charge in [0.15, 0.2) is 0 Å². The predicted octanol–water partition coefficient (Wildman–Crippen LogP) is 3.11. The molecule has 0 amide bonds. The van der Waals surface area contributed by atoms with E-state index in [1.165, 1.54) is 10.5 Å². The molecule has 1 aromatic carbocycles. The summed E-state index contributed by atoms with van der Waals surface area (Å²) >= 11 is 1.76. The van der Waals surface area contributed by atoms with Crippen molar-refractivity contribution in [3.63, 3.8) is 0 Å². The summed E-state index contributed by atoms with van der Waals surface area (Å²) in [7, 11) is 0. The first kappa shape index (κ1) is 11.6. The molecule has 0 aliphatic carbocycles. The summed E-state index contributed by atoms with van der Waals surface area (Å²) in [4.78, 5) is 1.30. The molecule has 14 heavy (non-hydrogen) atoms. The van der Waals surface area contributed by atoms with Crippen LogP contribution in [0.2, 0.25) is 0 Å². The monoisotopic (exact) mass is 210 g/mol. The zero-order valence-corrected chi connectivity index (χ0v) is 9.68. The third kappa shape index (κ3) is 3.72. The number of benzene rings is 1. The number of aryl methyl sites for hydroxylation is 1. The van der Waals surface area contributed by atoms with E-state index in [9.17, 15) is 5.11 Å². The second-order valence-electron chi connectivity index (χ2n) is 3.45. The number of rotatable bonds is 5. The number of hydrogen-bond acceptors (Lipinski definition) is 2. The van der Waals surface area contributed by atoms with Crippen molar-refractivity contribution in [2.45, 2.75) is 37.2 Å². The molecule has 0 radical (unpaired) electrons. The van der Waals surface area contributed by atoms with Gasteiger partial charge in [-0.3, -0.25) is 0 Å². The van der Waals surface area contributed by atoms with Crippen molar-refractivity contribution >= 4 is 11.8 Å². The average molecular weight is 210 g/mol. The first-order chi connectivity index (χ1) is 6.76. The Kier molecular flexibility index (Phi) is 5.05. The van der Waals surface area contributed by atoms with Gasteiger partial charge in [0, 0.05) is 4.90 Å². The summed E-state index contributed by atoms with van der Waals surface area (Å²) in [6.07, 6.45) is 4.63. The van der Waals surface area contributed by atoms with Gasteiger partial charge >= 0.3 is 0 Å². The fourth-order valence-corrected chi connectivity index (χ4v) is 1.85. The molecule has 78 valence electrons. The van der Waals surface area contributed by atoms with Crippen LogP contribution < -0.4 is 0 Å². The Morgan fingerprint density at radius 1 is 1.43 bits per heavy atom. The smallest absolute Gasteiger partial charge is 0.0540 e. The number of thioether (sulfide) groups is 1. The van der Waals surface area contributed by atoms with Gasteiger partial charge in [0.2, 0.25) is 0 Å². The molecule has 0 bridgehead atoms. The zero-order chi connectivity index (χ0) is 10.4. The highest BCUT2D eigenvalue weighted by molar-refractivity contribution is 7.98. The molecular weight excluding hydrogens is 192 g/mol. The molecule has 0 aliphatic heterocycles. The Balaban J connectivity index is 2.50. The largest absolute Gasteiger partial charge is 0.393 e. The molecular formula is C12H18OS. The van der Waals surface area contributed by atoms with Gasteiger partial charge in [0.1, 0.15) is 0 Å². The third-order valence-electron chi connectivity index (χ3n) is 2.37. The van der Waals surface area contributed by atoms with Crippen LogP contribution in [0, 0.1) is 0 Å². The van der Waals surface area contributed by atoms with E-state index in [0.717, 1.165) is 19.3 Å². The van der Waals surface area contributed by atoms with Crippen LogP contribution >= 0.6 is 11.8 Å². The highest BCUT2D eigenvalue weighted by atomic mass is 32.2. The summed E-state index contributed by atoms with van der Waals surface area (Å²) in [5, 5.41) is 9.44. The molecule has 1 atom stereocenters. The fraction of sp³-hybridized carbons (Fsp3) is 0.500. The summed E-state index contributed by atoms with van der Waals surface area (Å²) in [5.74, 6) is 0. The van der Waals surface area contributed by atoms with Crippen LogP contribution in [0.3, 0.4) is 0 Å². The van der Waals surface area contributed by atoms with Crippen molar-refractivity contribution < 1.29 is 5.11 Å². The molecule has 2 heteroatoms. The van der Waals surface area contributed by atoms with E-state index in [0.29, 0.717) is 0 Å². The van der Waals surface area contributed by atoms with Gasteiger partial charge in [-0.15, -0.1) is 11.8 Å². The first-order valence-corrected chi connectivity index (χ1v) is 6.29. The predicted molar refractivity (Wildman–Crippen MR) is 62.8 cm³/mol. The Hall–Kier alpha value is -0.470. The van der Waals surface area contributed by atoms with E-state index in [1.807, 2.05) is 6.92 Å². The van der Waals surface area contributed by atoms with E-state index in [4.69, 9.17) is 0 Å². The summed E-state index contributed by atoms with van der Waals surface area (Å²) < 4.78 is 0. The van der Waals surface area contributed by atoms with Gasteiger partial charge in [-0.2, -0.15) is 0 Å². The number of aliphatic hydroxyl groups excluding tert-OH is 1. The minimum atomic E-state index is -0.145. The lowest BCUT2D eigenvalue weighted by atomic mass is 10.1. The van der Waals surface area contributed by atoms with Crippen molar-refractivity contribution in [2.24, 2.45) is 0 Å². The van der Waals surface area contributed by atoms with Crippen LogP contribution in [0.1, 0.15) is 25.3 Å². The van der Waals surface area contributed by atoms with Crippen molar-refractivity contribution in [2.75, 3.05) is 6.26 Å². The first-order valence-electron chi connectivity index (χ1n) is 5.07. The third-order valence-corrected chi connectivity index (χ3v) is 3.10. The number of hydrogen-bond donors (Lipinski definition) is 1. The molecule has 0 heterocycles. The summed E-state index contributed by atoms with van der Waals surface area (Å²) in [6.45, 7) is 2.02. The van der Waals surface area contributed by atoms with Crippen LogP contribution in [0.15, 0.2) is 29.2 Å². The topological polar surface area (TPSA) is 20.2 Å². The van der Waals surface area contributed by atoms with Crippen LogP contribution in [0.4, 0.5) is 0 Å². The fourth-order valence-electron chi connectivity index (χ4n) is 1.37. The molecule has 0 aliphatic rings. The highest BCUT2D eigenvalue weighted by Crippen LogP contribution is 2.17. The van der Waals surface area contributed by atoms with Crippen LogP contribution in [-0.2, 0) is 6.42 Å². The molecule has 0 fully saturated rings. The highest BCUT2D eigenvalue weighted by Gasteiger charge is 2.01. The maximum atomic E-state index is 9.44. The Morgan fingerprint density at radius 2 is 2.21 bits per heavy atom. The van der Waals surface area contributed by atoms with Gasteiger partial charge in [0.05, 0.1) is 6.10 Å². The van der Waals surface area contributed by atoms with Crippen molar-refractivity contribution in [1.29, 1.82) is 0 Å². The van der Waals surface area contributed by atoms with E-state index in [-0.39, 0.29) is 6.10 Å². The number of aliphatic hydroxyl groups is 1. The molecule has 1 rings (SSSR count). The zero-order valence-electron chi connectivity index (χ0n) is 8.86. The minimum absolute atomic E-state index is 0.145. The van der Waals surface area contributed by atoms with E-state index in [1.54, 1.807) is 11.8 Å². The van der Waals surface area contributed by atoms with Crippen molar-refractivity contribution in [1.82, 2.24) is 0 Å². The standard InChI is InChI=1S/C12H18OS/c1-3-11(13)8-7-10-5-4-6-12(9-10)14-2/h4-6,9,11,13H,3,7-8H2,1-2H3. The second-order valence-corrected chi connectivity index (χ2v) is 4.33. The van der Waals surface area contributed by atoms with Crippen LogP contribution in [0.25, 0.3) is 0 Å². The molecule has 0 aromatic heterocycles. The van der Waals surface area contributed by atoms with Gasteiger partial charge in [0.25, 0.3) is 0 Å². The minimum Gasteiger partial charge on any atom is -0.393 e. The lowest BCUT2D eigenvalue weighted by Gasteiger charge is -2.07. The molecule has 1 aromatic rings. The second kappa shape index (κ2) is 6.10. The Labute approximate surface area is 90.5 Å². The van der Waals surface area contributed by atoms with Gasteiger partial charge in [-0.05, 0) is 43.2 Å². The van der Waals surface area contributed by atoms with Crippen LogP contribution in [0.5, 0.6) is 0 Å². The summed E-state index contributed by atoms with van der Waals surface area (Å²) in [5.41, 5.74) is 1.32. The molecule has 0 saturated heterocycles. The molecule has 0 spiro atoms. The average Bonchev–Trinajstić information content (AvgIpc) is 2.26. The van der Waals surface area contributed by atoms with Gasteiger partial charge in [-0.25, -0.2) is 0 Å². The molecule has 1 nitrogen and oxygen atoms in total. The van der Waals surface area contributed by atoms with Crippen molar-refractivity contribution in [3.8, 4) is 0 Å². The SMILES string of the molecule is CCC(O)CCc1cccc(SC)c1. The van der Waals surface area contributed by atoms with Gasteiger partial charge in [-0.1, -0.05) is 19.1 Å². The molecule has 1 unspecified atom stereocenters. The summed E-state index contributed by atoms with van der Waals surface area (Å²) in [6, 6.07) is 8.53. The lowest BCUT2D eigenvalue weighted by Crippen LogP contribution is -2.05. The molecule has 0 saturated carbocycles. The lowest BCUT2D eigenvalue weighted by molar-refractivity contribution is 0.160. The molecule has 1 N–H and O–H groups in total. The Morgan fingerprint density at radius 3 is 2.86 bits per heavy atom. The maximum absolute atomic E-state index is 9.44. The van der Waals surface area contributed by atoms with E-state index in [2.05, 4.69) is 30.5 Å². The maximum Gasteiger partial charge on any atom is 0.0540 e. The van der Waals surface area contributed by atoms with Crippen LogP contribution in [-0.4, -0.2) is 17.5 Å².